The van der Waals surface area contributed by atoms with Gasteiger partial charge in [0.2, 0.25) is 0 Å². The van der Waals surface area contributed by atoms with Crippen LogP contribution < -0.4 is 10.6 Å². The SMILES string of the molecule is CCCOCc1ccccc1CNC(=NC)NCc1nc(C(F)(F)F)cs1. The summed E-state index contributed by atoms with van der Waals surface area (Å²) in [5, 5.41) is 7.50. The number of benzene rings is 1. The number of ether oxygens (including phenoxy) is 1. The molecule has 9 heteroatoms. The minimum absolute atomic E-state index is 0.168. The van der Waals surface area contributed by atoms with Crippen LogP contribution in [0.15, 0.2) is 34.6 Å². The van der Waals surface area contributed by atoms with Crippen LogP contribution in [0.2, 0.25) is 0 Å². The van der Waals surface area contributed by atoms with E-state index in [0.717, 1.165) is 34.3 Å². The number of aromatic nitrogens is 1. The van der Waals surface area contributed by atoms with E-state index < -0.39 is 11.9 Å². The Balaban J connectivity index is 1.88. The first-order valence-corrected chi connectivity index (χ1v) is 9.42. The molecule has 0 aliphatic rings. The van der Waals surface area contributed by atoms with Crippen molar-refractivity contribution in [2.45, 2.75) is 39.2 Å². The number of alkyl halides is 3. The molecule has 2 rings (SSSR count). The van der Waals surface area contributed by atoms with Crippen LogP contribution in [0, 0.1) is 0 Å². The first-order valence-electron chi connectivity index (χ1n) is 8.54. The van der Waals surface area contributed by atoms with Gasteiger partial charge >= 0.3 is 6.18 Å². The first-order chi connectivity index (χ1) is 12.9. The molecule has 0 amide bonds. The molecule has 0 spiro atoms. The summed E-state index contributed by atoms with van der Waals surface area (Å²) in [6.45, 7) is 4.00. The fourth-order valence-electron chi connectivity index (χ4n) is 2.28. The molecule has 0 bridgehead atoms. The Kier molecular flexibility index (Phi) is 8.05. The zero-order chi connectivity index (χ0) is 19.7. The largest absolute Gasteiger partial charge is 0.434 e. The molecule has 1 aromatic heterocycles. The molecule has 0 unspecified atom stereocenters. The molecule has 0 radical (unpaired) electrons. The quantitative estimate of drug-likeness (QED) is 0.400. The Morgan fingerprint density at radius 2 is 1.89 bits per heavy atom. The minimum atomic E-state index is -4.42. The van der Waals surface area contributed by atoms with Crippen molar-refractivity contribution in [1.29, 1.82) is 0 Å². The molecule has 0 saturated heterocycles. The van der Waals surface area contributed by atoms with Gasteiger partial charge in [-0.25, -0.2) is 4.98 Å². The number of thiazole rings is 1. The van der Waals surface area contributed by atoms with E-state index >= 15 is 0 Å². The maximum atomic E-state index is 12.6. The van der Waals surface area contributed by atoms with Gasteiger partial charge in [0, 0.05) is 25.6 Å². The molecular formula is C18H23F3N4OS. The Bertz CT molecular complexity index is 746. The van der Waals surface area contributed by atoms with Crippen LogP contribution in [0.25, 0.3) is 0 Å². The summed E-state index contributed by atoms with van der Waals surface area (Å²) in [4.78, 5) is 7.69. The first kappa shape index (κ1) is 21.2. The lowest BCUT2D eigenvalue weighted by Gasteiger charge is -2.14. The highest BCUT2D eigenvalue weighted by atomic mass is 32.1. The molecular weight excluding hydrogens is 377 g/mol. The van der Waals surface area contributed by atoms with Gasteiger partial charge in [0.1, 0.15) is 5.01 Å². The lowest BCUT2D eigenvalue weighted by molar-refractivity contribution is -0.140. The Morgan fingerprint density at radius 1 is 1.19 bits per heavy atom. The van der Waals surface area contributed by atoms with Crippen LogP contribution in [0.5, 0.6) is 0 Å². The van der Waals surface area contributed by atoms with Crippen molar-refractivity contribution in [3.8, 4) is 0 Å². The fraction of sp³-hybridized carbons (Fsp3) is 0.444. The van der Waals surface area contributed by atoms with Crippen molar-refractivity contribution < 1.29 is 17.9 Å². The molecule has 1 heterocycles. The van der Waals surface area contributed by atoms with Gasteiger partial charge in [0.25, 0.3) is 0 Å². The van der Waals surface area contributed by atoms with Crippen LogP contribution in [-0.2, 0) is 30.6 Å². The molecule has 0 saturated carbocycles. The molecule has 5 nitrogen and oxygen atoms in total. The van der Waals surface area contributed by atoms with E-state index in [1.54, 1.807) is 7.05 Å². The van der Waals surface area contributed by atoms with Crippen molar-refractivity contribution in [3.05, 3.63) is 51.5 Å². The number of nitrogens with zero attached hydrogens (tertiary/aromatic N) is 2. The van der Waals surface area contributed by atoms with Gasteiger partial charge in [-0.2, -0.15) is 13.2 Å². The summed E-state index contributed by atoms with van der Waals surface area (Å²) in [6, 6.07) is 7.92. The number of hydrogen-bond donors (Lipinski definition) is 2. The fourth-order valence-corrected chi connectivity index (χ4v) is 3.02. The number of aliphatic imine (C=N–C) groups is 1. The summed E-state index contributed by atoms with van der Waals surface area (Å²) >= 11 is 0.964. The Hall–Kier alpha value is -2.13. The second-order valence-electron chi connectivity index (χ2n) is 5.72. The highest BCUT2D eigenvalue weighted by Gasteiger charge is 2.33. The normalized spacial score (nSPS) is 12.3. The number of nitrogens with one attached hydrogen (secondary N) is 2. The van der Waals surface area contributed by atoms with Crippen LogP contribution in [0.1, 0.15) is 35.2 Å². The van der Waals surface area contributed by atoms with Crippen molar-refractivity contribution in [2.24, 2.45) is 4.99 Å². The Labute approximate surface area is 160 Å². The minimum Gasteiger partial charge on any atom is -0.377 e. The highest BCUT2D eigenvalue weighted by molar-refractivity contribution is 7.09. The predicted molar refractivity (Wildman–Crippen MR) is 101 cm³/mol. The van der Waals surface area contributed by atoms with E-state index in [4.69, 9.17) is 4.74 Å². The zero-order valence-electron chi connectivity index (χ0n) is 15.3. The topological polar surface area (TPSA) is 58.5 Å². The monoisotopic (exact) mass is 400 g/mol. The molecule has 0 atom stereocenters. The van der Waals surface area contributed by atoms with E-state index in [-0.39, 0.29) is 6.54 Å². The summed E-state index contributed by atoms with van der Waals surface area (Å²) in [5.74, 6) is 0.489. The highest BCUT2D eigenvalue weighted by Crippen LogP contribution is 2.29. The number of guanidine groups is 1. The average molecular weight is 400 g/mol. The third-order valence-corrected chi connectivity index (χ3v) is 4.49. The van der Waals surface area contributed by atoms with E-state index in [1.807, 2.05) is 24.3 Å². The average Bonchev–Trinajstić information content (AvgIpc) is 3.12. The molecule has 1 aromatic carbocycles. The zero-order valence-corrected chi connectivity index (χ0v) is 16.1. The lowest BCUT2D eigenvalue weighted by atomic mass is 10.1. The van der Waals surface area contributed by atoms with Crippen LogP contribution in [-0.4, -0.2) is 24.6 Å². The second kappa shape index (κ2) is 10.3. The van der Waals surface area contributed by atoms with Crippen LogP contribution >= 0.6 is 11.3 Å². The van der Waals surface area contributed by atoms with E-state index in [0.29, 0.717) is 30.7 Å². The third kappa shape index (κ3) is 6.84. The maximum Gasteiger partial charge on any atom is 0.434 e. The number of halogens is 3. The maximum absolute atomic E-state index is 12.6. The van der Waals surface area contributed by atoms with E-state index in [2.05, 4.69) is 27.5 Å². The van der Waals surface area contributed by atoms with Crippen LogP contribution in [0.3, 0.4) is 0 Å². The van der Waals surface area contributed by atoms with Crippen molar-refractivity contribution in [3.63, 3.8) is 0 Å². The summed E-state index contributed by atoms with van der Waals surface area (Å²) in [5.41, 5.74) is 1.29. The Morgan fingerprint density at radius 3 is 2.52 bits per heavy atom. The molecule has 0 aliphatic heterocycles. The van der Waals surface area contributed by atoms with E-state index in [9.17, 15) is 13.2 Å². The van der Waals surface area contributed by atoms with Crippen molar-refractivity contribution >= 4 is 17.3 Å². The summed E-state index contributed by atoms with van der Waals surface area (Å²) in [7, 11) is 1.61. The molecule has 2 aromatic rings. The number of hydrogen-bond acceptors (Lipinski definition) is 4. The van der Waals surface area contributed by atoms with Gasteiger partial charge in [-0.15, -0.1) is 11.3 Å². The molecule has 0 aliphatic carbocycles. The molecule has 148 valence electrons. The molecule has 27 heavy (non-hydrogen) atoms. The standard InChI is InChI=1S/C18H23F3N4OS/c1-3-8-26-11-14-7-5-4-6-13(14)9-23-17(22-2)24-10-16-25-15(12-27-16)18(19,20)21/h4-7,12H,3,8-11H2,1-2H3,(H2,22,23,24). The van der Waals surface area contributed by atoms with Gasteiger partial charge in [-0.05, 0) is 17.5 Å². The molecule has 0 fully saturated rings. The van der Waals surface area contributed by atoms with E-state index in [1.165, 1.54) is 0 Å². The predicted octanol–water partition coefficient (Wildman–Crippen LogP) is 3.95. The smallest absolute Gasteiger partial charge is 0.377 e. The van der Waals surface area contributed by atoms with Gasteiger partial charge in [-0.3, -0.25) is 4.99 Å². The lowest BCUT2D eigenvalue weighted by Crippen LogP contribution is -2.36. The van der Waals surface area contributed by atoms with Gasteiger partial charge in [-0.1, -0.05) is 31.2 Å². The number of rotatable bonds is 8. The van der Waals surface area contributed by atoms with Gasteiger partial charge < -0.3 is 15.4 Å². The van der Waals surface area contributed by atoms with Gasteiger partial charge in [0.15, 0.2) is 11.7 Å². The molecule has 2 N–H and O–H groups in total. The van der Waals surface area contributed by atoms with Crippen molar-refractivity contribution in [2.75, 3.05) is 13.7 Å². The van der Waals surface area contributed by atoms with Gasteiger partial charge in [0.05, 0.1) is 13.2 Å². The second-order valence-corrected chi connectivity index (χ2v) is 6.67. The van der Waals surface area contributed by atoms with Crippen molar-refractivity contribution in [1.82, 2.24) is 15.6 Å². The van der Waals surface area contributed by atoms with Crippen LogP contribution in [0.4, 0.5) is 13.2 Å². The summed E-state index contributed by atoms with van der Waals surface area (Å²) < 4.78 is 43.4. The summed E-state index contributed by atoms with van der Waals surface area (Å²) in [6.07, 6.45) is -3.46. The third-order valence-electron chi connectivity index (χ3n) is 3.64.